The second kappa shape index (κ2) is 6.60. The van der Waals surface area contributed by atoms with Crippen LogP contribution in [0.2, 0.25) is 0 Å². The van der Waals surface area contributed by atoms with Gasteiger partial charge in [-0.1, -0.05) is 25.1 Å². The summed E-state index contributed by atoms with van der Waals surface area (Å²) in [5, 5.41) is 0. The second-order valence-electron chi connectivity index (χ2n) is 4.00. The molecule has 0 aromatic heterocycles. The van der Waals surface area contributed by atoms with Crippen molar-refractivity contribution >= 4 is 17.5 Å². The lowest BCUT2D eigenvalue weighted by atomic mass is 10.1. The van der Waals surface area contributed by atoms with E-state index in [0.717, 1.165) is 6.42 Å². The number of amides is 1. The van der Waals surface area contributed by atoms with Gasteiger partial charge < -0.3 is 4.90 Å². The zero-order valence-electron chi connectivity index (χ0n) is 10.1. The molecule has 4 heteroatoms. The minimum absolute atomic E-state index is 0.0563. The fraction of sp³-hybridized carbons (Fsp3) is 0.462. The smallest absolute Gasteiger partial charge is 0.238 e. The summed E-state index contributed by atoms with van der Waals surface area (Å²) in [6.07, 6.45) is 0.817. The minimum Gasteiger partial charge on any atom is -0.335 e. The van der Waals surface area contributed by atoms with Crippen molar-refractivity contribution in [3.05, 3.63) is 35.6 Å². The van der Waals surface area contributed by atoms with E-state index in [2.05, 4.69) is 0 Å². The number of hydrogen-bond acceptors (Lipinski definition) is 1. The highest BCUT2D eigenvalue weighted by Gasteiger charge is 2.19. The van der Waals surface area contributed by atoms with Gasteiger partial charge in [0.05, 0.1) is 0 Å². The van der Waals surface area contributed by atoms with Gasteiger partial charge in [-0.15, -0.1) is 11.6 Å². The van der Waals surface area contributed by atoms with Crippen LogP contribution < -0.4 is 0 Å². The van der Waals surface area contributed by atoms with Crippen molar-refractivity contribution < 1.29 is 9.18 Å². The van der Waals surface area contributed by atoms with Crippen molar-refractivity contribution in [1.82, 2.24) is 4.90 Å². The first-order valence-electron chi connectivity index (χ1n) is 5.69. The maximum absolute atomic E-state index is 13.5. The molecule has 1 aromatic carbocycles. The fourth-order valence-corrected chi connectivity index (χ4v) is 1.75. The van der Waals surface area contributed by atoms with Crippen molar-refractivity contribution in [3.63, 3.8) is 0 Å². The van der Waals surface area contributed by atoms with Crippen LogP contribution in [0, 0.1) is 5.82 Å². The molecule has 0 spiro atoms. The van der Waals surface area contributed by atoms with Crippen LogP contribution in [-0.2, 0) is 11.3 Å². The molecule has 1 atom stereocenters. The monoisotopic (exact) mass is 257 g/mol. The summed E-state index contributed by atoms with van der Waals surface area (Å²) < 4.78 is 13.5. The van der Waals surface area contributed by atoms with Gasteiger partial charge in [-0.05, 0) is 19.4 Å². The fourth-order valence-electron chi connectivity index (χ4n) is 1.60. The van der Waals surface area contributed by atoms with E-state index in [0.29, 0.717) is 5.56 Å². The van der Waals surface area contributed by atoms with Gasteiger partial charge in [0.1, 0.15) is 11.7 Å². The first kappa shape index (κ1) is 14.0. The summed E-state index contributed by atoms with van der Waals surface area (Å²) in [7, 11) is 0. The Morgan fingerprint density at radius 3 is 2.65 bits per heavy atom. The maximum atomic E-state index is 13.5. The van der Waals surface area contributed by atoms with Crippen LogP contribution in [0.1, 0.15) is 25.8 Å². The van der Waals surface area contributed by atoms with E-state index in [1.807, 2.05) is 13.8 Å². The normalized spacial score (nSPS) is 12.2. The lowest BCUT2D eigenvalue weighted by Crippen LogP contribution is -2.38. The predicted molar refractivity (Wildman–Crippen MR) is 67.4 cm³/mol. The first-order chi connectivity index (χ1) is 8.10. The first-order valence-corrected chi connectivity index (χ1v) is 6.22. The van der Waals surface area contributed by atoms with Crippen LogP contribution in [0.25, 0.3) is 0 Å². The molecule has 0 aliphatic heterocycles. The van der Waals surface area contributed by atoms with Gasteiger partial charge in [0.25, 0.3) is 0 Å². The van der Waals surface area contributed by atoms with Gasteiger partial charge in [-0.25, -0.2) is 4.39 Å². The molecule has 1 aromatic rings. The van der Waals surface area contributed by atoms with Crippen LogP contribution >= 0.6 is 11.6 Å². The molecule has 0 bridgehead atoms. The number of hydrogen-bond donors (Lipinski definition) is 0. The van der Waals surface area contributed by atoms with Crippen molar-refractivity contribution in [2.75, 3.05) is 5.88 Å². The molecule has 0 heterocycles. The number of nitrogens with zero attached hydrogens (tertiary/aromatic N) is 1. The SMILES string of the molecule is CCC(C)N(Cc1ccccc1F)C(=O)CCl. The Morgan fingerprint density at radius 2 is 2.12 bits per heavy atom. The maximum Gasteiger partial charge on any atom is 0.238 e. The molecule has 0 N–H and O–H groups in total. The third-order valence-corrected chi connectivity index (χ3v) is 3.08. The van der Waals surface area contributed by atoms with E-state index in [9.17, 15) is 9.18 Å². The van der Waals surface area contributed by atoms with E-state index >= 15 is 0 Å². The Balaban J connectivity index is 2.87. The standard InChI is InChI=1S/C13H17ClFNO/c1-3-10(2)16(13(17)8-14)9-11-6-4-5-7-12(11)15/h4-7,10H,3,8-9H2,1-2H3. The van der Waals surface area contributed by atoms with Gasteiger partial charge in [0, 0.05) is 18.2 Å². The molecule has 0 radical (unpaired) electrons. The molecule has 1 rings (SSSR count). The van der Waals surface area contributed by atoms with Crippen molar-refractivity contribution in [3.8, 4) is 0 Å². The van der Waals surface area contributed by atoms with Gasteiger partial charge in [-0.3, -0.25) is 4.79 Å². The molecule has 1 unspecified atom stereocenters. The zero-order chi connectivity index (χ0) is 12.8. The molecule has 1 amide bonds. The molecule has 0 fully saturated rings. The molecular formula is C13H17ClFNO. The van der Waals surface area contributed by atoms with E-state index in [1.54, 1.807) is 23.1 Å². The summed E-state index contributed by atoms with van der Waals surface area (Å²) in [5.74, 6) is -0.522. The van der Waals surface area contributed by atoms with Crippen molar-refractivity contribution in [2.24, 2.45) is 0 Å². The Kier molecular flexibility index (Phi) is 5.42. The van der Waals surface area contributed by atoms with Gasteiger partial charge in [0.2, 0.25) is 5.91 Å². The number of carbonyl (C=O) groups excluding carboxylic acids is 1. The molecule has 0 aliphatic rings. The summed E-state index contributed by atoms with van der Waals surface area (Å²) in [6.45, 7) is 4.19. The lowest BCUT2D eigenvalue weighted by Gasteiger charge is -2.28. The number of alkyl halides is 1. The number of benzene rings is 1. The zero-order valence-corrected chi connectivity index (χ0v) is 10.9. The minimum atomic E-state index is -0.289. The molecule has 17 heavy (non-hydrogen) atoms. The predicted octanol–water partition coefficient (Wildman–Crippen LogP) is 3.19. The molecule has 0 saturated carbocycles. The quantitative estimate of drug-likeness (QED) is 0.742. The van der Waals surface area contributed by atoms with Gasteiger partial charge in [-0.2, -0.15) is 0 Å². The van der Waals surface area contributed by atoms with Crippen LogP contribution in [0.4, 0.5) is 4.39 Å². The van der Waals surface area contributed by atoms with Crippen LogP contribution in [0.3, 0.4) is 0 Å². The summed E-state index contributed by atoms with van der Waals surface area (Å²) in [4.78, 5) is 13.3. The van der Waals surface area contributed by atoms with E-state index in [-0.39, 0.29) is 30.2 Å². The third-order valence-electron chi connectivity index (χ3n) is 2.86. The van der Waals surface area contributed by atoms with Crippen molar-refractivity contribution in [2.45, 2.75) is 32.9 Å². The van der Waals surface area contributed by atoms with Crippen LogP contribution in [-0.4, -0.2) is 22.7 Å². The molecule has 0 saturated heterocycles. The number of halogens is 2. The molecule has 0 aliphatic carbocycles. The molecule has 94 valence electrons. The van der Waals surface area contributed by atoms with E-state index in [4.69, 9.17) is 11.6 Å². The molecular weight excluding hydrogens is 241 g/mol. The number of carbonyl (C=O) groups is 1. The van der Waals surface area contributed by atoms with Crippen LogP contribution in [0.15, 0.2) is 24.3 Å². The molecule has 2 nitrogen and oxygen atoms in total. The summed E-state index contributed by atoms with van der Waals surface area (Å²) in [6, 6.07) is 6.54. The Labute approximate surface area is 106 Å². The van der Waals surface area contributed by atoms with E-state index in [1.165, 1.54) is 6.07 Å². The van der Waals surface area contributed by atoms with Crippen LogP contribution in [0.5, 0.6) is 0 Å². The Hall–Kier alpha value is -1.09. The average molecular weight is 258 g/mol. The Bertz CT molecular complexity index is 383. The van der Waals surface area contributed by atoms with Crippen molar-refractivity contribution in [1.29, 1.82) is 0 Å². The third kappa shape index (κ3) is 3.70. The summed E-state index contributed by atoms with van der Waals surface area (Å²) in [5.41, 5.74) is 0.520. The average Bonchev–Trinajstić information content (AvgIpc) is 2.36. The number of rotatable bonds is 5. The van der Waals surface area contributed by atoms with E-state index < -0.39 is 0 Å². The van der Waals surface area contributed by atoms with Gasteiger partial charge in [0.15, 0.2) is 0 Å². The second-order valence-corrected chi connectivity index (χ2v) is 4.27. The van der Waals surface area contributed by atoms with Gasteiger partial charge >= 0.3 is 0 Å². The Morgan fingerprint density at radius 1 is 1.47 bits per heavy atom. The lowest BCUT2D eigenvalue weighted by molar-refractivity contribution is -0.131. The highest BCUT2D eigenvalue weighted by Crippen LogP contribution is 2.14. The topological polar surface area (TPSA) is 20.3 Å². The highest BCUT2D eigenvalue weighted by molar-refractivity contribution is 6.27. The largest absolute Gasteiger partial charge is 0.335 e. The summed E-state index contributed by atoms with van der Waals surface area (Å²) >= 11 is 5.57. The highest BCUT2D eigenvalue weighted by atomic mass is 35.5.